The summed E-state index contributed by atoms with van der Waals surface area (Å²) in [6, 6.07) is 2.92. The molecular weight excluding hydrogens is 464 g/mol. The Hall–Kier alpha value is -2.11. The molecule has 0 unspecified atom stereocenters. The van der Waals surface area contributed by atoms with Crippen LogP contribution in [0.25, 0.3) is 10.7 Å². The summed E-state index contributed by atoms with van der Waals surface area (Å²) in [6.45, 7) is -0.419. The van der Waals surface area contributed by atoms with E-state index < -0.39 is 36.4 Å². The maximum atomic E-state index is 10.9. The average Bonchev–Trinajstić information content (AvgIpc) is 3.46. The Morgan fingerprint density at radius 3 is 2.97 bits per heavy atom. The molecular formula is C18H17ClN6O4S2. The third-order valence-corrected chi connectivity index (χ3v) is 6.91. The number of halogens is 1. The number of methoxy groups -OCH3 is 1. The molecule has 2 N–H and O–H groups in total. The van der Waals surface area contributed by atoms with Gasteiger partial charge in [0.2, 0.25) is 0 Å². The summed E-state index contributed by atoms with van der Waals surface area (Å²) < 4.78 is 13.1. The van der Waals surface area contributed by atoms with Crippen molar-refractivity contribution in [3.63, 3.8) is 0 Å². The molecule has 162 valence electrons. The van der Waals surface area contributed by atoms with E-state index in [1.54, 1.807) is 18.5 Å². The van der Waals surface area contributed by atoms with E-state index in [0.29, 0.717) is 20.6 Å². The van der Waals surface area contributed by atoms with E-state index in [-0.39, 0.29) is 5.69 Å². The number of thioether (sulfide) groups is 1. The summed E-state index contributed by atoms with van der Waals surface area (Å²) in [5.41, 5.74) is 0.0393. The molecule has 3 aromatic rings. The summed E-state index contributed by atoms with van der Waals surface area (Å²) in [7, 11) is 1.49. The Labute approximate surface area is 190 Å². The molecule has 4 rings (SSSR count). The number of hydrogen-bond donors (Lipinski definition) is 2. The molecule has 4 heterocycles. The van der Waals surface area contributed by atoms with Crippen LogP contribution < -0.4 is 0 Å². The van der Waals surface area contributed by atoms with Gasteiger partial charge >= 0.3 is 0 Å². The number of thiazole rings is 1. The van der Waals surface area contributed by atoms with E-state index in [9.17, 15) is 15.5 Å². The van der Waals surface area contributed by atoms with E-state index in [0.717, 1.165) is 0 Å². The van der Waals surface area contributed by atoms with Gasteiger partial charge in [-0.1, -0.05) is 28.6 Å². The number of ether oxygens (including phenoxy) is 2. The van der Waals surface area contributed by atoms with E-state index in [2.05, 4.69) is 20.3 Å². The smallest absolute Gasteiger partial charge is 0.154 e. The van der Waals surface area contributed by atoms with Gasteiger partial charge in [0.05, 0.1) is 17.8 Å². The maximum absolute atomic E-state index is 10.9. The largest absolute Gasteiger partial charge is 0.394 e. The lowest BCUT2D eigenvalue weighted by Gasteiger charge is -2.43. The predicted octanol–water partition coefficient (Wildman–Crippen LogP) is 1.75. The molecule has 0 spiro atoms. The molecule has 13 heteroatoms. The van der Waals surface area contributed by atoms with E-state index in [1.807, 2.05) is 11.4 Å². The standard InChI is InChI=1S/C18H17ClN6O4S2/c1-28-16-14(25-7-11(23-24-25)17-21-2-3-30-17)15(27)12(8-26)29-18(16)31-13-4-9(19)6-22-10(13)5-20/h2-4,6-7,12,14-16,18,26-27H,8H2,1H3/t12-,14+,15+,16-,18-/m1/s1. The fraction of sp³-hybridized carbons (Fsp3) is 0.389. The van der Waals surface area contributed by atoms with E-state index in [4.69, 9.17) is 21.1 Å². The molecule has 0 radical (unpaired) electrons. The highest BCUT2D eigenvalue weighted by atomic mass is 35.5. The molecule has 0 aromatic carbocycles. The van der Waals surface area contributed by atoms with Crippen molar-refractivity contribution in [3.05, 3.63) is 40.8 Å². The number of nitrogens with zero attached hydrogens (tertiary/aromatic N) is 6. The monoisotopic (exact) mass is 480 g/mol. The summed E-state index contributed by atoms with van der Waals surface area (Å²) >= 11 is 8.65. The second-order valence-electron chi connectivity index (χ2n) is 6.56. The maximum Gasteiger partial charge on any atom is 0.154 e. The van der Waals surface area contributed by atoms with Gasteiger partial charge in [-0.15, -0.1) is 16.4 Å². The average molecular weight is 481 g/mol. The summed E-state index contributed by atoms with van der Waals surface area (Å²) in [5.74, 6) is 0. The predicted molar refractivity (Wildman–Crippen MR) is 113 cm³/mol. The van der Waals surface area contributed by atoms with Crippen LogP contribution in [-0.4, -0.2) is 72.6 Å². The minimum atomic E-state index is -1.12. The van der Waals surface area contributed by atoms with Crippen LogP contribution in [0.15, 0.2) is 34.9 Å². The Bertz CT molecular complexity index is 1080. The van der Waals surface area contributed by atoms with Crippen molar-refractivity contribution in [3.8, 4) is 16.8 Å². The molecule has 5 atom stereocenters. The van der Waals surface area contributed by atoms with Gasteiger partial charge in [0.25, 0.3) is 0 Å². The molecule has 1 fully saturated rings. The first-order valence-corrected chi connectivity index (χ1v) is 11.2. The second kappa shape index (κ2) is 9.58. The Kier molecular flexibility index (Phi) is 6.83. The van der Waals surface area contributed by atoms with Crippen LogP contribution in [0.3, 0.4) is 0 Å². The number of aliphatic hydroxyl groups excluding tert-OH is 2. The minimum Gasteiger partial charge on any atom is -0.394 e. The van der Waals surface area contributed by atoms with Gasteiger partial charge in [-0.05, 0) is 6.07 Å². The third kappa shape index (κ3) is 4.44. The normalized spacial score (nSPS) is 26.0. The Morgan fingerprint density at radius 2 is 2.29 bits per heavy atom. The van der Waals surface area contributed by atoms with Crippen molar-refractivity contribution in [1.29, 1.82) is 5.26 Å². The first-order chi connectivity index (χ1) is 15.0. The van der Waals surface area contributed by atoms with Crippen LogP contribution in [0.2, 0.25) is 5.02 Å². The van der Waals surface area contributed by atoms with Crippen LogP contribution in [0, 0.1) is 11.3 Å². The summed E-state index contributed by atoms with van der Waals surface area (Å²) in [5, 5.41) is 41.3. The van der Waals surface area contributed by atoms with Gasteiger partial charge in [0.15, 0.2) is 5.69 Å². The zero-order valence-corrected chi connectivity index (χ0v) is 18.5. The molecule has 3 aromatic heterocycles. The molecule has 0 saturated carbocycles. The highest BCUT2D eigenvalue weighted by Crippen LogP contribution is 2.40. The highest BCUT2D eigenvalue weighted by molar-refractivity contribution is 7.99. The SMILES string of the molecule is CO[C@@H]1[C@@H](n2cc(-c3nccs3)nn2)[C@@H](O)[C@@H](CO)O[C@@H]1Sc1cc(Cl)cnc1C#N. The van der Waals surface area contributed by atoms with Crippen molar-refractivity contribution in [1.82, 2.24) is 25.0 Å². The molecule has 0 amide bonds. The topological polar surface area (TPSA) is 139 Å². The van der Waals surface area contributed by atoms with Gasteiger partial charge in [0, 0.05) is 29.8 Å². The number of pyridine rings is 1. The second-order valence-corrected chi connectivity index (χ2v) is 9.03. The zero-order valence-electron chi connectivity index (χ0n) is 16.1. The van der Waals surface area contributed by atoms with Crippen molar-refractivity contribution in [2.45, 2.75) is 34.7 Å². The molecule has 31 heavy (non-hydrogen) atoms. The highest BCUT2D eigenvalue weighted by Gasteiger charge is 2.47. The molecule has 1 aliphatic rings. The molecule has 10 nitrogen and oxygen atoms in total. The lowest BCUT2D eigenvalue weighted by atomic mass is 9.97. The van der Waals surface area contributed by atoms with Gasteiger partial charge < -0.3 is 19.7 Å². The first-order valence-electron chi connectivity index (χ1n) is 9.07. The number of nitriles is 1. The van der Waals surface area contributed by atoms with Crippen LogP contribution >= 0.6 is 34.7 Å². The van der Waals surface area contributed by atoms with Gasteiger partial charge in [-0.3, -0.25) is 0 Å². The summed E-state index contributed by atoms with van der Waals surface area (Å²) in [4.78, 5) is 8.75. The van der Waals surface area contributed by atoms with Gasteiger partial charge in [-0.25, -0.2) is 14.6 Å². The van der Waals surface area contributed by atoms with Crippen molar-refractivity contribution >= 4 is 34.7 Å². The van der Waals surface area contributed by atoms with Crippen LogP contribution in [0.1, 0.15) is 11.7 Å². The van der Waals surface area contributed by atoms with E-state index >= 15 is 0 Å². The minimum absolute atomic E-state index is 0.183. The number of rotatable bonds is 6. The van der Waals surface area contributed by atoms with Crippen molar-refractivity contribution < 1.29 is 19.7 Å². The quantitative estimate of drug-likeness (QED) is 0.536. The third-order valence-electron chi connectivity index (χ3n) is 4.73. The van der Waals surface area contributed by atoms with E-state index in [1.165, 1.54) is 41.1 Å². The lowest BCUT2D eigenvalue weighted by molar-refractivity contribution is -0.186. The van der Waals surface area contributed by atoms with Crippen LogP contribution in [0.5, 0.6) is 0 Å². The molecule has 1 aliphatic heterocycles. The zero-order chi connectivity index (χ0) is 22.0. The van der Waals surface area contributed by atoms with Crippen molar-refractivity contribution in [2.75, 3.05) is 13.7 Å². The fourth-order valence-corrected chi connectivity index (χ4v) is 5.37. The van der Waals surface area contributed by atoms with Crippen molar-refractivity contribution in [2.24, 2.45) is 0 Å². The Morgan fingerprint density at radius 1 is 1.45 bits per heavy atom. The van der Waals surface area contributed by atoms with Crippen LogP contribution in [-0.2, 0) is 9.47 Å². The molecule has 1 saturated heterocycles. The summed E-state index contributed by atoms with van der Waals surface area (Å²) in [6.07, 6.45) is 2.00. The lowest BCUT2D eigenvalue weighted by Crippen LogP contribution is -2.55. The number of aromatic nitrogens is 5. The first kappa shape index (κ1) is 22.1. The molecule has 0 aliphatic carbocycles. The van der Waals surface area contributed by atoms with Gasteiger partial charge in [0.1, 0.15) is 46.6 Å². The van der Waals surface area contributed by atoms with Gasteiger partial charge in [-0.2, -0.15) is 5.26 Å². The fourth-order valence-electron chi connectivity index (χ4n) is 3.30. The molecule has 0 bridgehead atoms. The Balaban J connectivity index is 1.68. The number of hydrogen-bond acceptors (Lipinski definition) is 11. The number of aliphatic hydroxyl groups is 2. The van der Waals surface area contributed by atoms with Crippen LogP contribution in [0.4, 0.5) is 0 Å².